The van der Waals surface area contributed by atoms with Crippen LogP contribution in [0.5, 0.6) is 0 Å². The van der Waals surface area contributed by atoms with E-state index in [1.165, 1.54) is 16.4 Å². The van der Waals surface area contributed by atoms with Crippen molar-refractivity contribution in [3.05, 3.63) is 122 Å². The minimum absolute atomic E-state index is 0.116. The number of nitrogens with zero attached hydrogens (tertiary/aromatic N) is 4. The number of carbonyl (C=O) groups is 2. The second-order valence-electron chi connectivity index (χ2n) is 11.1. The van der Waals surface area contributed by atoms with E-state index in [1.54, 1.807) is 24.3 Å². The number of rotatable bonds is 5. The molecule has 1 saturated heterocycles. The van der Waals surface area contributed by atoms with Gasteiger partial charge in [0.25, 0.3) is 11.8 Å². The zero-order valence-electron chi connectivity index (χ0n) is 23.1. The first-order chi connectivity index (χ1) is 20.3. The van der Waals surface area contributed by atoms with Gasteiger partial charge in [-0.05, 0) is 48.7 Å². The Bertz CT molecular complexity index is 1880. The lowest BCUT2D eigenvalue weighted by Gasteiger charge is -2.47. The summed E-state index contributed by atoms with van der Waals surface area (Å²) in [6, 6.07) is 19.2. The van der Waals surface area contributed by atoms with Crippen molar-refractivity contribution in [2.75, 3.05) is 5.43 Å². The highest BCUT2D eigenvalue weighted by atomic mass is 16.4. The van der Waals surface area contributed by atoms with Crippen LogP contribution < -0.4 is 16.8 Å². The molecule has 4 heterocycles. The smallest absolute Gasteiger partial charge is 0.347 e. The highest BCUT2D eigenvalue weighted by Gasteiger charge is 2.69. The zero-order chi connectivity index (χ0) is 29.3. The van der Waals surface area contributed by atoms with Crippen LogP contribution in [-0.4, -0.2) is 35.9 Å². The molecule has 3 aliphatic rings. The fraction of sp³-hybridized carbons (Fsp3) is 0.290. The van der Waals surface area contributed by atoms with Gasteiger partial charge in [0.1, 0.15) is 23.5 Å². The van der Waals surface area contributed by atoms with Crippen molar-refractivity contribution >= 4 is 17.5 Å². The Kier molecular flexibility index (Phi) is 5.77. The third-order valence-electron chi connectivity index (χ3n) is 8.97. The van der Waals surface area contributed by atoms with E-state index in [2.05, 4.69) is 5.43 Å². The number of aliphatic hydroxyl groups excluding tert-OH is 1. The topological polar surface area (TPSA) is 132 Å². The van der Waals surface area contributed by atoms with Gasteiger partial charge in [0.15, 0.2) is 0 Å². The molecule has 42 heavy (non-hydrogen) atoms. The van der Waals surface area contributed by atoms with Crippen LogP contribution in [0.15, 0.2) is 92.4 Å². The number of furan rings is 1. The van der Waals surface area contributed by atoms with Gasteiger partial charge in [-0.25, -0.2) is 23.5 Å². The number of carbonyl (C=O) groups excluding carboxylic acids is 2. The van der Waals surface area contributed by atoms with Crippen molar-refractivity contribution < 1.29 is 19.1 Å². The van der Waals surface area contributed by atoms with Gasteiger partial charge in [0.2, 0.25) is 0 Å². The van der Waals surface area contributed by atoms with E-state index < -0.39 is 46.5 Å². The summed E-state index contributed by atoms with van der Waals surface area (Å²) < 4.78 is 9.94. The number of fused-ring (bicyclic) bond motifs is 4. The summed E-state index contributed by atoms with van der Waals surface area (Å²) in [7, 11) is 1.43. The molecule has 0 radical (unpaired) electrons. The molecule has 7 rings (SSSR count). The van der Waals surface area contributed by atoms with Gasteiger partial charge < -0.3 is 9.52 Å². The largest absolute Gasteiger partial charge is 0.463 e. The fourth-order valence-corrected chi connectivity index (χ4v) is 7.06. The van der Waals surface area contributed by atoms with Gasteiger partial charge in [0.05, 0.1) is 30.1 Å². The van der Waals surface area contributed by atoms with Gasteiger partial charge >= 0.3 is 11.4 Å². The molecular formula is C31H29N5O6. The maximum absolute atomic E-state index is 14.8. The molecule has 1 aliphatic carbocycles. The highest BCUT2D eigenvalue weighted by molar-refractivity contribution is 6.12. The van der Waals surface area contributed by atoms with E-state index in [4.69, 9.17) is 4.42 Å². The molecule has 2 aromatic heterocycles. The predicted molar refractivity (Wildman–Crippen MR) is 151 cm³/mol. The molecule has 214 valence electrons. The molecule has 0 unspecified atom stereocenters. The Hall–Kier alpha value is -4.90. The summed E-state index contributed by atoms with van der Waals surface area (Å²) in [4.78, 5) is 55.5. The molecule has 2 aromatic carbocycles. The van der Waals surface area contributed by atoms with Crippen molar-refractivity contribution in [3.63, 3.8) is 0 Å². The highest BCUT2D eigenvalue weighted by Crippen LogP contribution is 2.61. The number of amides is 2. The van der Waals surface area contributed by atoms with Crippen LogP contribution in [0.25, 0.3) is 0 Å². The van der Waals surface area contributed by atoms with Crippen LogP contribution in [0.4, 0.5) is 5.69 Å². The third-order valence-corrected chi connectivity index (χ3v) is 8.97. The lowest BCUT2D eigenvalue weighted by Crippen LogP contribution is -2.53. The van der Waals surface area contributed by atoms with Crippen LogP contribution in [0, 0.1) is 12.8 Å². The minimum Gasteiger partial charge on any atom is -0.463 e. The SMILES string of the molecule is Cc1ccc(NN2C(=O)[C@@H]3C[C@@H]4C(=CCn5c(=O)n(C)c(=O)n54)[C@H](c4ccc(CO)o4)[C@]3(c3ccccc3)C2=O)cc1. The minimum atomic E-state index is -1.43. The van der Waals surface area contributed by atoms with Crippen molar-refractivity contribution in [1.82, 2.24) is 18.9 Å². The molecule has 2 aliphatic heterocycles. The number of allylic oxidation sites excluding steroid dienone is 2. The van der Waals surface area contributed by atoms with Gasteiger partial charge in [-0.15, -0.1) is 0 Å². The number of hydrogen-bond acceptors (Lipinski definition) is 7. The van der Waals surface area contributed by atoms with Gasteiger partial charge in [0, 0.05) is 7.05 Å². The van der Waals surface area contributed by atoms with Gasteiger partial charge in [-0.3, -0.25) is 15.0 Å². The number of benzene rings is 2. The fourth-order valence-electron chi connectivity index (χ4n) is 7.06. The Morgan fingerprint density at radius 2 is 1.71 bits per heavy atom. The van der Waals surface area contributed by atoms with E-state index in [0.717, 1.165) is 15.1 Å². The molecule has 0 spiro atoms. The number of hydrazine groups is 1. The summed E-state index contributed by atoms with van der Waals surface area (Å²) in [6.45, 7) is 1.72. The first-order valence-electron chi connectivity index (χ1n) is 13.8. The third kappa shape index (κ3) is 3.43. The van der Waals surface area contributed by atoms with E-state index in [1.807, 2.05) is 55.5 Å². The van der Waals surface area contributed by atoms with Crippen LogP contribution in [0.2, 0.25) is 0 Å². The molecule has 2 fully saturated rings. The van der Waals surface area contributed by atoms with Crippen LogP contribution in [0.3, 0.4) is 0 Å². The van der Waals surface area contributed by atoms with Crippen molar-refractivity contribution in [2.24, 2.45) is 13.0 Å². The monoisotopic (exact) mass is 567 g/mol. The average molecular weight is 568 g/mol. The predicted octanol–water partition coefficient (Wildman–Crippen LogP) is 2.36. The Balaban J connectivity index is 1.48. The van der Waals surface area contributed by atoms with Gasteiger partial charge in [-0.1, -0.05) is 54.1 Å². The summed E-state index contributed by atoms with van der Waals surface area (Å²) in [5, 5.41) is 10.9. The van der Waals surface area contributed by atoms with Crippen LogP contribution in [0.1, 0.15) is 41.0 Å². The van der Waals surface area contributed by atoms with E-state index in [-0.39, 0.29) is 19.6 Å². The molecule has 1 saturated carbocycles. The summed E-state index contributed by atoms with van der Waals surface area (Å²) in [5.74, 6) is -1.90. The van der Waals surface area contributed by atoms with Gasteiger partial charge in [-0.2, -0.15) is 5.01 Å². The summed E-state index contributed by atoms with van der Waals surface area (Å²) >= 11 is 0. The van der Waals surface area contributed by atoms with Crippen LogP contribution >= 0.6 is 0 Å². The molecule has 11 nitrogen and oxygen atoms in total. The Labute approximate surface area is 239 Å². The number of hydrogen-bond donors (Lipinski definition) is 2. The molecule has 2 amide bonds. The van der Waals surface area contributed by atoms with Crippen molar-refractivity contribution in [3.8, 4) is 0 Å². The zero-order valence-corrected chi connectivity index (χ0v) is 23.1. The lowest BCUT2D eigenvalue weighted by atomic mass is 9.54. The molecular weight excluding hydrogens is 538 g/mol. The van der Waals surface area contributed by atoms with Crippen molar-refractivity contribution in [2.45, 2.75) is 43.9 Å². The number of nitrogens with one attached hydrogen (secondary N) is 1. The average Bonchev–Trinajstić information content (AvgIpc) is 3.64. The number of imide groups is 1. The van der Waals surface area contributed by atoms with E-state index in [0.29, 0.717) is 28.3 Å². The second-order valence-corrected chi connectivity index (χ2v) is 11.1. The van der Waals surface area contributed by atoms with E-state index >= 15 is 0 Å². The first-order valence-corrected chi connectivity index (χ1v) is 13.8. The molecule has 4 aromatic rings. The number of aromatic nitrogens is 3. The summed E-state index contributed by atoms with van der Waals surface area (Å²) in [5.41, 5.74) is 3.62. The maximum atomic E-state index is 14.8. The van der Waals surface area contributed by atoms with E-state index in [9.17, 15) is 24.3 Å². The lowest BCUT2D eigenvalue weighted by molar-refractivity contribution is -0.138. The molecule has 0 bridgehead atoms. The normalized spacial score (nSPS) is 24.7. The first kappa shape index (κ1) is 26.0. The molecule has 2 N–H and O–H groups in total. The maximum Gasteiger partial charge on any atom is 0.347 e. The van der Waals surface area contributed by atoms with Crippen LogP contribution in [-0.2, 0) is 35.2 Å². The second kappa shape index (κ2) is 9.31. The van der Waals surface area contributed by atoms with Crippen molar-refractivity contribution in [1.29, 1.82) is 0 Å². The quantitative estimate of drug-likeness (QED) is 0.280. The molecule has 11 heteroatoms. The Morgan fingerprint density at radius 1 is 0.976 bits per heavy atom. The number of aliphatic hydroxyl groups is 1. The molecule has 4 atom stereocenters. The standard InChI is InChI=1S/C31H29N5O6/c1-18-8-10-20(11-9-18)32-35-27(38)23-16-24-22(14-15-34-29(40)33(2)30(41)36(24)34)26(25-13-12-21(17-37)42-25)31(23,28(35)39)19-6-4-3-5-7-19/h3-14,23-24,26,32,37H,15-17H2,1-2H3/t23-,24+,26+,31+/m0/s1. The number of aryl methyl sites for hydroxylation is 1. The number of anilines is 1. The summed E-state index contributed by atoms with van der Waals surface area (Å²) in [6.07, 6.45) is 1.98. The Morgan fingerprint density at radius 3 is 2.40 bits per heavy atom.